The van der Waals surface area contributed by atoms with Crippen LogP contribution in [0.2, 0.25) is 0 Å². The van der Waals surface area contributed by atoms with E-state index in [9.17, 15) is 24.6 Å². The Morgan fingerprint density at radius 3 is 2.35 bits per heavy atom. The molecule has 0 radical (unpaired) electrons. The first-order valence-electron chi connectivity index (χ1n) is 10.7. The normalized spacial score (nSPS) is 26.0. The van der Waals surface area contributed by atoms with E-state index in [1.165, 1.54) is 14.2 Å². The highest BCUT2D eigenvalue weighted by atomic mass is 79.9. The number of carboxylic acid groups (broad SMARTS) is 1. The number of aliphatic carboxylic acids is 1. The third-order valence-electron chi connectivity index (χ3n) is 6.70. The first kappa shape index (κ1) is 24.2. The van der Waals surface area contributed by atoms with Gasteiger partial charge in [-0.1, -0.05) is 19.1 Å². The van der Waals surface area contributed by atoms with Gasteiger partial charge in [0.05, 0.1) is 42.8 Å². The number of carbonyl (C=O) groups is 3. The Bertz CT molecular complexity index is 1150. The lowest BCUT2D eigenvalue weighted by atomic mass is 9.79. The van der Waals surface area contributed by atoms with Crippen LogP contribution in [0.5, 0.6) is 11.5 Å². The number of aliphatic hydroxyl groups excluding tert-OH is 1. The first-order chi connectivity index (χ1) is 16.2. The van der Waals surface area contributed by atoms with E-state index in [1.807, 2.05) is 19.1 Å². The molecule has 0 aromatic heterocycles. The van der Waals surface area contributed by atoms with Crippen LogP contribution in [0.25, 0.3) is 0 Å². The number of imide groups is 1. The van der Waals surface area contributed by atoms with Gasteiger partial charge in [0.15, 0.2) is 17.0 Å². The molecular formula is C24H25BrN2O7. The third kappa shape index (κ3) is 3.48. The molecule has 2 fully saturated rings. The predicted molar refractivity (Wildman–Crippen MR) is 126 cm³/mol. The number of carboxylic acids is 1. The van der Waals surface area contributed by atoms with E-state index in [-0.39, 0.29) is 0 Å². The van der Waals surface area contributed by atoms with E-state index in [0.717, 1.165) is 16.9 Å². The van der Waals surface area contributed by atoms with Crippen molar-refractivity contribution >= 4 is 39.4 Å². The zero-order chi connectivity index (χ0) is 24.8. The zero-order valence-corrected chi connectivity index (χ0v) is 20.5. The SMILES string of the molecule is CCc1ccc(N2C(=O)C3C(c4cc(Br)c(OC)c(OC)c4)NC(CO)(C(=O)O)C3C2=O)cc1. The summed E-state index contributed by atoms with van der Waals surface area (Å²) in [6.07, 6.45) is 0.792. The number of rotatable bonds is 7. The number of methoxy groups -OCH3 is 2. The summed E-state index contributed by atoms with van der Waals surface area (Å²) in [6.45, 7) is 1.13. The second kappa shape index (κ2) is 9.01. The molecule has 9 nitrogen and oxygen atoms in total. The lowest BCUT2D eigenvalue weighted by molar-refractivity contribution is -0.150. The number of carbonyl (C=O) groups excluding carboxylic acids is 2. The number of ether oxygens (including phenoxy) is 2. The number of nitrogens with zero attached hydrogens (tertiary/aromatic N) is 1. The maximum atomic E-state index is 13.6. The Morgan fingerprint density at radius 2 is 1.82 bits per heavy atom. The molecule has 2 aromatic rings. The van der Waals surface area contributed by atoms with Crippen LogP contribution >= 0.6 is 15.9 Å². The Labute approximate surface area is 204 Å². The van der Waals surface area contributed by atoms with Crippen molar-refractivity contribution in [2.24, 2.45) is 11.8 Å². The predicted octanol–water partition coefficient (Wildman–Crippen LogP) is 2.29. The summed E-state index contributed by atoms with van der Waals surface area (Å²) >= 11 is 3.42. The minimum Gasteiger partial charge on any atom is -0.493 e. The van der Waals surface area contributed by atoms with Gasteiger partial charge in [-0.15, -0.1) is 0 Å². The molecule has 180 valence electrons. The molecule has 3 N–H and O–H groups in total. The molecule has 2 heterocycles. The number of amides is 2. The Kier molecular flexibility index (Phi) is 6.41. The maximum absolute atomic E-state index is 13.6. The molecule has 2 aromatic carbocycles. The van der Waals surface area contributed by atoms with Crippen LogP contribution < -0.4 is 19.7 Å². The number of halogens is 1. The molecule has 0 bridgehead atoms. The number of aryl methyl sites for hydroxylation is 1. The van der Waals surface area contributed by atoms with Crippen LogP contribution in [0, 0.1) is 11.8 Å². The van der Waals surface area contributed by atoms with Gasteiger partial charge < -0.3 is 19.7 Å². The van der Waals surface area contributed by atoms with Gasteiger partial charge in [0.25, 0.3) is 0 Å². The number of hydrogen-bond donors (Lipinski definition) is 3. The largest absolute Gasteiger partial charge is 0.493 e. The number of nitrogens with one attached hydrogen (secondary N) is 1. The second-order valence-corrected chi connectivity index (χ2v) is 9.18. The summed E-state index contributed by atoms with van der Waals surface area (Å²) in [5.41, 5.74) is -0.112. The molecule has 10 heteroatoms. The lowest BCUT2D eigenvalue weighted by Gasteiger charge is -2.29. The third-order valence-corrected chi connectivity index (χ3v) is 7.29. The van der Waals surface area contributed by atoms with Gasteiger partial charge in [-0.2, -0.15) is 0 Å². The zero-order valence-electron chi connectivity index (χ0n) is 18.9. The summed E-state index contributed by atoms with van der Waals surface area (Å²) in [7, 11) is 2.94. The van der Waals surface area contributed by atoms with Crippen molar-refractivity contribution in [3.05, 3.63) is 52.0 Å². The van der Waals surface area contributed by atoms with Crippen molar-refractivity contribution in [1.29, 1.82) is 0 Å². The first-order valence-corrected chi connectivity index (χ1v) is 11.5. The van der Waals surface area contributed by atoms with Crippen LogP contribution in [-0.4, -0.2) is 54.4 Å². The summed E-state index contributed by atoms with van der Waals surface area (Å²) in [5.74, 6) is -4.15. The summed E-state index contributed by atoms with van der Waals surface area (Å²) in [6, 6.07) is 9.43. The standard InChI is InChI=1S/C24H25BrN2O7/c1-4-12-5-7-14(8-6-12)27-21(29)17-18(22(27)30)24(11-28,23(31)32)26-19(17)13-9-15(25)20(34-3)16(10-13)33-2/h5-10,17-19,26,28H,4,11H2,1-3H3,(H,31,32). The number of aliphatic hydroxyl groups is 1. The number of fused-ring (bicyclic) bond motifs is 1. The molecule has 2 aliphatic heterocycles. The van der Waals surface area contributed by atoms with Crippen molar-refractivity contribution in [2.45, 2.75) is 24.9 Å². The average Bonchev–Trinajstić information content (AvgIpc) is 3.32. The van der Waals surface area contributed by atoms with Crippen molar-refractivity contribution in [1.82, 2.24) is 5.32 Å². The van der Waals surface area contributed by atoms with Crippen molar-refractivity contribution in [3.8, 4) is 11.5 Å². The smallest absolute Gasteiger partial charge is 0.327 e. The molecular weight excluding hydrogens is 508 g/mol. The molecule has 4 rings (SSSR count). The van der Waals surface area contributed by atoms with Gasteiger partial charge in [-0.3, -0.25) is 19.7 Å². The Balaban J connectivity index is 1.85. The second-order valence-electron chi connectivity index (χ2n) is 8.33. The summed E-state index contributed by atoms with van der Waals surface area (Å²) < 4.78 is 11.3. The van der Waals surface area contributed by atoms with Crippen molar-refractivity contribution in [3.63, 3.8) is 0 Å². The molecule has 2 aliphatic rings. The fourth-order valence-corrected chi connectivity index (χ4v) is 5.57. The van der Waals surface area contributed by atoms with E-state index in [4.69, 9.17) is 9.47 Å². The van der Waals surface area contributed by atoms with Crippen LogP contribution in [0.15, 0.2) is 40.9 Å². The molecule has 0 spiro atoms. The molecule has 2 amide bonds. The fraction of sp³-hybridized carbons (Fsp3) is 0.375. The Morgan fingerprint density at radius 1 is 1.15 bits per heavy atom. The van der Waals surface area contributed by atoms with Crippen LogP contribution in [0.1, 0.15) is 24.1 Å². The Hall–Kier alpha value is -2.95. The quantitative estimate of drug-likeness (QED) is 0.463. The van der Waals surface area contributed by atoms with Crippen LogP contribution in [-0.2, 0) is 20.8 Å². The minimum absolute atomic E-state index is 0.367. The van der Waals surface area contributed by atoms with Gasteiger partial charge in [0.1, 0.15) is 0 Å². The monoisotopic (exact) mass is 532 g/mol. The molecule has 2 saturated heterocycles. The topological polar surface area (TPSA) is 125 Å². The van der Waals surface area contributed by atoms with E-state index < -0.39 is 47.8 Å². The molecule has 34 heavy (non-hydrogen) atoms. The van der Waals surface area contributed by atoms with E-state index in [0.29, 0.717) is 27.2 Å². The summed E-state index contributed by atoms with van der Waals surface area (Å²) in [4.78, 5) is 40.6. The molecule has 4 atom stereocenters. The highest BCUT2D eigenvalue weighted by Gasteiger charge is 2.68. The van der Waals surface area contributed by atoms with Crippen molar-refractivity contribution < 1.29 is 34.1 Å². The van der Waals surface area contributed by atoms with Gasteiger partial charge >= 0.3 is 5.97 Å². The minimum atomic E-state index is -2.03. The fourth-order valence-electron chi connectivity index (χ4n) is 4.95. The average molecular weight is 533 g/mol. The van der Waals surface area contributed by atoms with E-state index >= 15 is 0 Å². The molecule has 4 unspecified atom stereocenters. The van der Waals surface area contributed by atoms with Gasteiger partial charge in [-0.25, -0.2) is 4.90 Å². The van der Waals surface area contributed by atoms with E-state index in [1.54, 1.807) is 24.3 Å². The van der Waals surface area contributed by atoms with Crippen LogP contribution in [0.3, 0.4) is 0 Å². The highest BCUT2D eigenvalue weighted by Crippen LogP contribution is 2.51. The van der Waals surface area contributed by atoms with Crippen molar-refractivity contribution in [2.75, 3.05) is 25.7 Å². The maximum Gasteiger partial charge on any atom is 0.327 e. The van der Waals surface area contributed by atoms with Gasteiger partial charge in [0.2, 0.25) is 11.8 Å². The van der Waals surface area contributed by atoms with Gasteiger partial charge in [-0.05, 0) is 57.7 Å². The van der Waals surface area contributed by atoms with Gasteiger partial charge in [0, 0.05) is 6.04 Å². The number of hydrogen-bond acceptors (Lipinski definition) is 7. The molecule has 0 aliphatic carbocycles. The number of anilines is 1. The van der Waals surface area contributed by atoms with Crippen LogP contribution in [0.4, 0.5) is 5.69 Å². The lowest BCUT2D eigenvalue weighted by Crippen LogP contribution is -2.58. The summed E-state index contributed by atoms with van der Waals surface area (Å²) in [5, 5.41) is 23.2. The highest BCUT2D eigenvalue weighted by molar-refractivity contribution is 9.10. The van der Waals surface area contributed by atoms with E-state index in [2.05, 4.69) is 21.2 Å². The number of benzene rings is 2. The molecule has 0 saturated carbocycles.